The van der Waals surface area contributed by atoms with E-state index in [9.17, 15) is 4.79 Å². The summed E-state index contributed by atoms with van der Waals surface area (Å²) in [4.78, 5) is 12.0. The number of hydrogen-bond acceptors (Lipinski definition) is 3. The van der Waals surface area contributed by atoms with E-state index in [1.54, 1.807) is 12.1 Å². The molecule has 0 radical (unpaired) electrons. The number of carbonyl (C=O) groups is 1. The number of nitrogen functional groups attached to an aromatic ring is 1. The third-order valence-corrected chi connectivity index (χ3v) is 2.62. The Hall–Kier alpha value is -2.02. The van der Waals surface area contributed by atoms with Gasteiger partial charge in [-0.25, -0.2) is 0 Å². The van der Waals surface area contributed by atoms with Gasteiger partial charge in [0.05, 0.1) is 18.1 Å². The monoisotopic (exact) mass is 231 g/mol. The number of nitrogens with zero attached hydrogens (tertiary/aromatic N) is 1. The number of nitriles is 1. The molecule has 0 spiro atoms. The second kappa shape index (κ2) is 5.90. The Kier molecular flexibility index (Phi) is 4.53. The molecule has 1 aromatic carbocycles. The summed E-state index contributed by atoms with van der Waals surface area (Å²) in [6.45, 7) is 3.84. The van der Waals surface area contributed by atoms with Gasteiger partial charge >= 0.3 is 0 Å². The Morgan fingerprint density at radius 2 is 2.29 bits per heavy atom. The normalized spacial score (nSPS) is 11.6. The van der Waals surface area contributed by atoms with E-state index in [1.807, 2.05) is 19.9 Å². The molecular weight excluding hydrogens is 214 g/mol. The Morgan fingerprint density at radius 3 is 2.88 bits per heavy atom. The lowest BCUT2D eigenvalue weighted by atomic mass is 10.1. The zero-order valence-electron chi connectivity index (χ0n) is 10.2. The van der Waals surface area contributed by atoms with Gasteiger partial charge in [0, 0.05) is 11.7 Å². The fourth-order valence-corrected chi connectivity index (χ4v) is 1.54. The maximum atomic E-state index is 12.0. The molecule has 1 rings (SSSR count). The summed E-state index contributed by atoms with van der Waals surface area (Å²) in [5, 5.41) is 11.4. The molecule has 0 saturated heterocycles. The minimum Gasteiger partial charge on any atom is -0.398 e. The first-order valence-corrected chi connectivity index (χ1v) is 5.62. The van der Waals surface area contributed by atoms with Crippen LogP contribution in [0.3, 0.4) is 0 Å². The van der Waals surface area contributed by atoms with E-state index >= 15 is 0 Å². The molecule has 4 nitrogen and oxygen atoms in total. The lowest BCUT2D eigenvalue weighted by Gasteiger charge is -2.14. The van der Waals surface area contributed by atoms with Gasteiger partial charge in [-0.1, -0.05) is 18.6 Å². The number of nitrogens with two attached hydrogens (primary N) is 1. The number of anilines is 1. The number of amides is 1. The van der Waals surface area contributed by atoms with Gasteiger partial charge in [-0.3, -0.25) is 4.79 Å². The molecule has 1 unspecified atom stereocenters. The minimum absolute atomic E-state index is 0.118. The predicted octanol–water partition coefficient (Wildman–Crippen LogP) is 2.00. The van der Waals surface area contributed by atoms with Crippen molar-refractivity contribution in [3.63, 3.8) is 0 Å². The summed E-state index contributed by atoms with van der Waals surface area (Å²) < 4.78 is 0. The Balaban J connectivity index is 2.82. The molecule has 0 bridgehead atoms. The van der Waals surface area contributed by atoms with E-state index in [4.69, 9.17) is 11.0 Å². The third-order valence-electron chi connectivity index (χ3n) is 2.62. The van der Waals surface area contributed by atoms with Crippen LogP contribution in [0.5, 0.6) is 0 Å². The zero-order chi connectivity index (χ0) is 12.8. The number of nitrogens with one attached hydrogen (secondary N) is 1. The Bertz CT molecular complexity index is 448. The van der Waals surface area contributed by atoms with Gasteiger partial charge in [0.1, 0.15) is 0 Å². The molecule has 1 amide bonds. The highest BCUT2D eigenvalue weighted by Gasteiger charge is 2.14. The zero-order valence-corrected chi connectivity index (χ0v) is 10.2. The maximum Gasteiger partial charge on any atom is 0.253 e. The first-order chi connectivity index (χ1) is 8.08. The van der Waals surface area contributed by atoms with Crippen LogP contribution in [0.1, 0.15) is 35.7 Å². The summed E-state index contributed by atoms with van der Waals surface area (Å²) in [5.41, 5.74) is 7.67. The van der Waals surface area contributed by atoms with Crippen molar-refractivity contribution in [1.82, 2.24) is 5.32 Å². The molecule has 1 atom stereocenters. The fourth-order valence-electron chi connectivity index (χ4n) is 1.54. The lowest BCUT2D eigenvalue weighted by Crippen LogP contribution is -2.34. The van der Waals surface area contributed by atoms with Gasteiger partial charge in [-0.05, 0) is 25.5 Å². The largest absolute Gasteiger partial charge is 0.398 e. The molecule has 3 N–H and O–H groups in total. The van der Waals surface area contributed by atoms with Crippen molar-refractivity contribution in [3.05, 3.63) is 29.3 Å². The predicted molar refractivity (Wildman–Crippen MR) is 67.4 cm³/mol. The van der Waals surface area contributed by atoms with Gasteiger partial charge in [-0.2, -0.15) is 5.26 Å². The highest BCUT2D eigenvalue weighted by atomic mass is 16.1. The average molecular weight is 231 g/mol. The van der Waals surface area contributed by atoms with Crippen LogP contribution in [0.2, 0.25) is 0 Å². The molecule has 0 aliphatic rings. The molecule has 17 heavy (non-hydrogen) atoms. The molecular formula is C13H17N3O. The topological polar surface area (TPSA) is 78.9 Å². The summed E-state index contributed by atoms with van der Waals surface area (Å²) in [6.07, 6.45) is 1.04. The second-order valence-electron chi connectivity index (χ2n) is 4.03. The van der Waals surface area contributed by atoms with Gasteiger partial charge in [0.2, 0.25) is 0 Å². The molecule has 90 valence electrons. The summed E-state index contributed by atoms with van der Waals surface area (Å²) in [6, 6.07) is 7.27. The number of aryl methyl sites for hydroxylation is 1. The summed E-state index contributed by atoms with van der Waals surface area (Å²) in [7, 11) is 0. The van der Waals surface area contributed by atoms with E-state index in [1.165, 1.54) is 0 Å². The quantitative estimate of drug-likeness (QED) is 0.778. The molecule has 0 fully saturated rings. The second-order valence-corrected chi connectivity index (χ2v) is 4.03. The molecule has 0 aliphatic heterocycles. The van der Waals surface area contributed by atoms with Crippen molar-refractivity contribution < 1.29 is 4.79 Å². The van der Waals surface area contributed by atoms with Crippen LogP contribution >= 0.6 is 0 Å². The molecule has 0 heterocycles. The standard InChI is InChI=1S/C13H17N3O/c1-3-10(6-7-14)16-13(17)11-8-9(2)4-5-12(11)15/h4-5,8,10H,3,6,15H2,1-2H3,(H,16,17). The molecule has 1 aromatic rings. The van der Waals surface area contributed by atoms with Crippen molar-refractivity contribution in [2.75, 3.05) is 5.73 Å². The van der Waals surface area contributed by atoms with Crippen LogP contribution in [-0.2, 0) is 0 Å². The summed E-state index contributed by atoms with van der Waals surface area (Å²) in [5.74, 6) is -0.215. The van der Waals surface area contributed by atoms with Crippen molar-refractivity contribution in [2.45, 2.75) is 32.7 Å². The number of rotatable bonds is 4. The smallest absolute Gasteiger partial charge is 0.253 e. The highest BCUT2D eigenvalue weighted by molar-refractivity contribution is 5.99. The Labute approximate surface area is 101 Å². The lowest BCUT2D eigenvalue weighted by molar-refractivity contribution is 0.0937. The fraction of sp³-hybridized carbons (Fsp3) is 0.385. The van der Waals surface area contributed by atoms with Crippen molar-refractivity contribution in [3.8, 4) is 6.07 Å². The first kappa shape index (κ1) is 13.0. The van der Waals surface area contributed by atoms with Crippen LogP contribution in [0.25, 0.3) is 0 Å². The average Bonchev–Trinajstić information content (AvgIpc) is 2.31. The van der Waals surface area contributed by atoms with Gasteiger partial charge in [0.25, 0.3) is 5.91 Å². The van der Waals surface area contributed by atoms with Crippen LogP contribution in [-0.4, -0.2) is 11.9 Å². The molecule has 0 saturated carbocycles. The van der Waals surface area contributed by atoms with E-state index in [-0.39, 0.29) is 11.9 Å². The van der Waals surface area contributed by atoms with Crippen LogP contribution in [0, 0.1) is 18.3 Å². The van der Waals surface area contributed by atoms with E-state index in [0.717, 1.165) is 12.0 Å². The maximum absolute atomic E-state index is 12.0. The summed E-state index contributed by atoms with van der Waals surface area (Å²) >= 11 is 0. The van der Waals surface area contributed by atoms with Crippen molar-refractivity contribution >= 4 is 11.6 Å². The minimum atomic E-state index is -0.215. The number of carbonyl (C=O) groups excluding carboxylic acids is 1. The van der Waals surface area contributed by atoms with Gasteiger partial charge in [0.15, 0.2) is 0 Å². The molecule has 0 aliphatic carbocycles. The first-order valence-electron chi connectivity index (χ1n) is 5.62. The molecule has 4 heteroatoms. The van der Waals surface area contributed by atoms with Crippen molar-refractivity contribution in [2.24, 2.45) is 0 Å². The number of benzene rings is 1. The SMILES string of the molecule is CCC(CC#N)NC(=O)c1cc(C)ccc1N. The van der Waals surface area contributed by atoms with Gasteiger partial charge < -0.3 is 11.1 Å². The number of hydrogen-bond donors (Lipinski definition) is 2. The van der Waals surface area contributed by atoms with E-state index in [0.29, 0.717) is 17.7 Å². The van der Waals surface area contributed by atoms with Crippen LogP contribution in [0.15, 0.2) is 18.2 Å². The molecule has 0 aromatic heterocycles. The van der Waals surface area contributed by atoms with E-state index in [2.05, 4.69) is 11.4 Å². The van der Waals surface area contributed by atoms with Crippen LogP contribution < -0.4 is 11.1 Å². The third kappa shape index (κ3) is 3.49. The van der Waals surface area contributed by atoms with E-state index < -0.39 is 0 Å². The van der Waals surface area contributed by atoms with Gasteiger partial charge in [-0.15, -0.1) is 0 Å². The Morgan fingerprint density at radius 1 is 1.59 bits per heavy atom. The highest BCUT2D eigenvalue weighted by Crippen LogP contribution is 2.14. The van der Waals surface area contributed by atoms with Crippen LogP contribution in [0.4, 0.5) is 5.69 Å². The van der Waals surface area contributed by atoms with Crippen molar-refractivity contribution in [1.29, 1.82) is 5.26 Å².